The fourth-order valence-electron chi connectivity index (χ4n) is 2.39. The Morgan fingerprint density at radius 2 is 1.56 bits per heavy atom. The Kier molecular flexibility index (Phi) is 12.5. The van der Waals surface area contributed by atoms with E-state index in [-0.39, 0.29) is 0 Å². The number of hydrogen-bond donors (Lipinski definition) is 2. The minimum atomic E-state index is -0.654. The first-order valence-corrected chi connectivity index (χ1v) is 7.62. The Bertz CT molecular complexity index is 195. The molecule has 0 aromatic heterocycles. The number of carboxylic acid groups (broad SMARTS) is 1. The van der Waals surface area contributed by atoms with E-state index in [1.165, 1.54) is 38.5 Å². The van der Waals surface area contributed by atoms with Gasteiger partial charge in [0.15, 0.2) is 0 Å². The highest BCUT2D eigenvalue weighted by Crippen LogP contribution is 2.20. The minimum absolute atomic E-state index is 0.333. The molecule has 18 heavy (non-hydrogen) atoms. The van der Waals surface area contributed by atoms with Gasteiger partial charge in [0.1, 0.15) is 0 Å². The number of hydrogen-bond acceptors (Lipinski definition) is 2. The second kappa shape index (κ2) is 12.9. The lowest BCUT2D eigenvalue weighted by Gasteiger charge is -2.14. The van der Waals surface area contributed by atoms with Gasteiger partial charge in [-0.25, -0.2) is 0 Å². The molecule has 3 nitrogen and oxygen atoms in total. The zero-order valence-corrected chi connectivity index (χ0v) is 12.0. The summed E-state index contributed by atoms with van der Waals surface area (Å²) in [6.45, 7) is 2.94. The van der Waals surface area contributed by atoms with E-state index in [4.69, 9.17) is 10.8 Å². The molecular weight excluding hydrogens is 226 g/mol. The molecule has 0 aliphatic carbocycles. The zero-order chi connectivity index (χ0) is 13.6. The van der Waals surface area contributed by atoms with Crippen molar-refractivity contribution < 1.29 is 9.90 Å². The molecule has 0 saturated carbocycles. The maximum absolute atomic E-state index is 10.8. The molecule has 3 N–H and O–H groups in total. The molecule has 0 amide bonds. The molecule has 0 bridgehead atoms. The Morgan fingerprint density at radius 1 is 1.00 bits per heavy atom. The van der Waals surface area contributed by atoms with Crippen LogP contribution in [0.5, 0.6) is 0 Å². The van der Waals surface area contributed by atoms with Crippen LogP contribution in [0.15, 0.2) is 0 Å². The van der Waals surface area contributed by atoms with Gasteiger partial charge in [-0.2, -0.15) is 0 Å². The van der Waals surface area contributed by atoms with Crippen molar-refractivity contribution in [3.05, 3.63) is 0 Å². The number of carboxylic acids is 1. The average molecular weight is 257 g/mol. The summed E-state index contributed by atoms with van der Waals surface area (Å²) in [5, 5.41) is 8.89. The van der Waals surface area contributed by atoms with Crippen molar-refractivity contribution in [3.8, 4) is 0 Å². The van der Waals surface area contributed by atoms with Gasteiger partial charge >= 0.3 is 5.97 Å². The van der Waals surface area contributed by atoms with Crippen LogP contribution in [0.4, 0.5) is 0 Å². The molecule has 0 aromatic carbocycles. The molecule has 3 heteroatoms. The Hall–Kier alpha value is -0.570. The number of nitrogens with two attached hydrogens (primary N) is 1. The maximum atomic E-state index is 10.8. The zero-order valence-electron chi connectivity index (χ0n) is 12.0. The highest BCUT2D eigenvalue weighted by Gasteiger charge is 2.12. The van der Waals surface area contributed by atoms with Crippen LogP contribution in [0, 0.1) is 5.92 Å². The maximum Gasteiger partial charge on any atom is 0.303 e. The molecule has 1 atom stereocenters. The van der Waals surface area contributed by atoms with E-state index < -0.39 is 5.97 Å². The molecule has 0 aliphatic rings. The number of carbonyl (C=O) groups is 1. The van der Waals surface area contributed by atoms with E-state index >= 15 is 0 Å². The third-order valence-electron chi connectivity index (χ3n) is 3.50. The summed E-state index contributed by atoms with van der Waals surface area (Å²) < 4.78 is 0. The first kappa shape index (κ1) is 17.4. The summed E-state index contributed by atoms with van der Waals surface area (Å²) in [5.74, 6) is -0.293. The van der Waals surface area contributed by atoms with Crippen molar-refractivity contribution in [3.63, 3.8) is 0 Å². The third-order valence-corrected chi connectivity index (χ3v) is 3.50. The lowest BCUT2D eigenvalue weighted by atomic mass is 9.92. The second-order valence-corrected chi connectivity index (χ2v) is 5.30. The third kappa shape index (κ3) is 11.9. The quantitative estimate of drug-likeness (QED) is 0.491. The Balaban J connectivity index is 3.61. The van der Waals surface area contributed by atoms with Crippen LogP contribution in [0.1, 0.15) is 77.6 Å². The van der Waals surface area contributed by atoms with Crippen LogP contribution < -0.4 is 5.73 Å². The highest BCUT2D eigenvalue weighted by molar-refractivity contribution is 5.66. The molecule has 1 unspecified atom stereocenters. The van der Waals surface area contributed by atoms with Gasteiger partial charge in [-0.15, -0.1) is 0 Å². The lowest BCUT2D eigenvalue weighted by molar-refractivity contribution is -0.138. The predicted molar refractivity (Wildman–Crippen MR) is 76.6 cm³/mol. The molecular formula is C15H31NO2. The predicted octanol–water partition coefficient (Wildman–Crippen LogP) is 3.96. The van der Waals surface area contributed by atoms with Crippen LogP contribution in [-0.4, -0.2) is 17.6 Å². The standard InChI is InChI=1S/C15H31NO2/c1-2-3-4-5-6-7-10-14(13-15(17)18)11-8-9-12-16/h14H,2-13,16H2,1H3,(H,17,18). The number of unbranched alkanes of at least 4 members (excludes halogenated alkanes) is 6. The first-order chi connectivity index (χ1) is 8.70. The van der Waals surface area contributed by atoms with Gasteiger partial charge in [0, 0.05) is 6.42 Å². The van der Waals surface area contributed by atoms with Crippen LogP contribution >= 0.6 is 0 Å². The van der Waals surface area contributed by atoms with Gasteiger partial charge in [0.2, 0.25) is 0 Å². The lowest BCUT2D eigenvalue weighted by Crippen LogP contribution is -2.09. The normalized spacial score (nSPS) is 12.6. The van der Waals surface area contributed by atoms with Gasteiger partial charge in [0.25, 0.3) is 0 Å². The van der Waals surface area contributed by atoms with Crippen LogP contribution in [0.25, 0.3) is 0 Å². The fraction of sp³-hybridized carbons (Fsp3) is 0.933. The molecule has 0 aliphatic heterocycles. The second-order valence-electron chi connectivity index (χ2n) is 5.30. The highest BCUT2D eigenvalue weighted by atomic mass is 16.4. The number of rotatable bonds is 13. The van der Waals surface area contributed by atoms with Crippen molar-refractivity contribution in [1.29, 1.82) is 0 Å². The summed E-state index contributed by atoms with van der Waals surface area (Å²) >= 11 is 0. The van der Waals surface area contributed by atoms with E-state index in [0.29, 0.717) is 12.3 Å². The smallest absolute Gasteiger partial charge is 0.303 e. The molecule has 0 heterocycles. The Labute approximate surface area is 112 Å². The summed E-state index contributed by atoms with van der Waals surface area (Å²) in [7, 11) is 0. The molecule has 0 aromatic rings. The fourth-order valence-corrected chi connectivity index (χ4v) is 2.39. The minimum Gasteiger partial charge on any atom is -0.481 e. The van der Waals surface area contributed by atoms with E-state index in [2.05, 4.69) is 6.92 Å². The Morgan fingerprint density at radius 3 is 2.11 bits per heavy atom. The van der Waals surface area contributed by atoms with Crippen LogP contribution in [-0.2, 0) is 4.79 Å². The molecule has 0 fully saturated rings. The average Bonchev–Trinajstić information content (AvgIpc) is 2.33. The SMILES string of the molecule is CCCCCCCCC(CCCCN)CC(=O)O. The van der Waals surface area contributed by atoms with Gasteiger partial charge in [-0.3, -0.25) is 4.79 Å². The summed E-state index contributed by atoms with van der Waals surface area (Å²) in [6.07, 6.45) is 12.2. The summed E-state index contributed by atoms with van der Waals surface area (Å²) in [4.78, 5) is 10.8. The van der Waals surface area contributed by atoms with E-state index in [1.54, 1.807) is 0 Å². The van der Waals surface area contributed by atoms with Gasteiger partial charge in [-0.1, -0.05) is 51.9 Å². The van der Waals surface area contributed by atoms with Crippen molar-refractivity contribution in [2.45, 2.75) is 77.6 Å². The first-order valence-electron chi connectivity index (χ1n) is 7.62. The van der Waals surface area contributed by atoms with Crippen LogP contribution in [0.2, 0.25) is 0 Å². The van der Waals surface area contributed by atoms with Crippen molar-refractivity contribution in [2.24, 2.45) is 11.7 Å². The molecule has 0 spiro atoms. The topological polar surface area (TPSA) is 63.3 Å². The number of aliphatic carboxylic acids is 1. The largest absolute Gasteiger partial charge is 0.481 e. The molecule has 108 valence electrons. The van der Waals surface area contributed by atoms with Crippen molar-refractivity contribution >= 4 is 5.97 Å². The van der Waals surface area contributed by atoms with Gasteiger partial charge < -0.3 is 10.8 Å². The summed E-state index contributed by atoms with van der Waals surface area (Å²) in [6, 6.07) is 0. The molecule has 0 radical (unpaired) electrons. The van der Waals surface area contributed by atoms with Gasteiger partial charge in [0.05, 0.1) is 0 Å². The van der Waals surface area contributed by atoms with E-state index in [0.717, 1.165) is 32.2 Å². The van der Waals surface area contributed by atoms with Crippen molar-refractivity contribution in [1.82, 2.24) is 0 Å². The summed E-state index contributed by atoms with van der Waals surface area (Å²) in [5.41, 5.74) is 5.47. The molecule has 0 saturated heterocycles. The van der Waals surface area contributed by atoms with Gasteiger partial charge in [-0.05, 0) is 31.7 Å². The van der Waals surface area contributed by atoms with Crippen molar-refractivity contribution in [2.75, 3.05) is 6.54 Å². The van der Waals surface area contributed by atoms with E-state index in [9.17, 15) is 4.79 Å². The van der Waals surface area contributed by atoms with Crippen LogP contribution in [0.3, 0.4) is 0 Å². The monoisotopic (exact) mass is 257 g/mol. The van der Waals surface area contributed by atoms with E-state index in [1.807, 2.05) is 0 Å². The molecule has 0 rings (SSSR count).